The minimum Gasteiger partial charge on any atom is -0.378 e. The smallest absolute Gasteiger partial charge is 0.339 e. The van der Waals surface area contributed by atoms with Crippen molar-refractivity contribution in [1.29, 1.82) is 0 Å². The third-order valence-corrected chi connectivity index (χ3v) is 6.07. The fourth-order valence-corrected chi connectivity index (χ4v) is 4.13. The summed E-state index contributed by atoms with van der Waals surface area (Å²) in [6.07, 6.45) is 1.50. The molecule has 166 valence electrons. The molecule has 0 radical (unpaired) electrons. The summed E-state index contributed by atoms with van der Waals surface area (Å²) in [5, 5.41) is 16.2. The molecule has 1 aliphatic heterocycles. The second-order valence-corrected chi connectivity index (χ2v) is 8.57. The molecule has 9 nitrogen and oxygen atoms in total. The zero-order valence-corrected chi connectivity index (χ0v) is 18.1. The summed E-state index contributed by atoms with van der Waals surface area (Å²) in [7, 11) is -4.07. The number of carbonyl (C=O) groups is 1. The van der Waals surface area contributed by atoms with Gasteiger partial charge in [0.1, 0.15) is 10.6 Å². The lowest BCUT2D eigenvalue weighted by Crippen LogP contribution is -2.21. The predicted molar refractivity (Wildman–Crippen MR) is 122 cm³/mol. The number of amides is 1. The Kier molecular flexibility index (Phi) is 5.76. The van der Waals surface area contributed by atoms with Gasteiger partial charge in [0.25, 0.3) is 11.6 Å². The predicted octanol–water partition coefficient (Wildman–Crippen LogP) is 4.17. The fraction of sp³-hybridized carbons (Fsp3) is 0.0435. The monoisotopic (exact) mass is 463 g/mol. The van der Waals surface area contributed by atoms with Crippen LogP contribution in [0.1, 0.15) is 12.5 Å². The Morgan fingerprint density at radius 3 is 2.27 bits per heavy atom. The van der Waals surface area contributed by atoms with E-state index in [1.807, 2.05) is 0 Å². The molecule has 0 bridgehead atoms. The Bertz CT molecular complexity index is 1400. The molecule has 0 fully saturated rings. The second-order valence-electron chi connectivity index (χ2n) is 7.02. The summed E-state index contributed by atoms with van der Waals surface area (Å²) in [4.78, 5) is 23.3. The topological polar surface area (TPSA) is 119 Å². The maximum absolute atomic E-state index is 13.0. The van der Waals surface area contributed by atoms with Gasteiger partial charge in [-0.25, -0.2) is 0 Å². The lowest BCUT2D eigenvalue weighted by Gasteiger charge is -2.12. The summed E-state index contributed by atoms with van der Waals surface area (Å²) < 4.78 is 30.6. The lowest BCUT2D eigenvalue weighted by atomic mass is 10.1. The molecule has 0 N–H and O–H groups in total. The molecule has 1 aliphatic rings. The Labute approximate surface area is 189 Å². The van der Waals surface area contributed by atoms with Gasteiger partial charge in [-0.05, 0) is 43.3 Å². The van der Waals surface area contributed by atoms with Gasteiger partial charge in [-0.2, -0.15) is 18.5 Å². The third kappa shape index (κ3) is 4.51. The maximum atomic E-state index is 13.0. The van der Waals surface area contributed by atoms with Crippen LogP contribution in [-0.4, -0.2) is 25.0 Å². The highest BCUT2D eigenvalue weighted by molar-refractivity contribution is 7.87. The average Bonchev–Trinajstić information content (AvgIpc) is 3.09. The van der Waals surface area contributed by atoms with Crippen molar-refractivity contribution in [3.63, 3.8) is 0 Å². The SMILES string of the molecule is CC1=NN(c2ccc([N+](=O)[O-])cc2)C(=O)/C1=C\c1ccccc1OS(=O)(=O)c1ccccc1. The Morgan fingerprint density at radius 2 is 1.61 bits per heavy atom. The molecular formula is C23H17N3O6S. The van der Waals surface area contributed by atoms with Crippen molar-refractivity contribution in [2.45, 2.75) is 11.8 Å². The first-order valence-corrected chi connectivity index (χ1v) is 11.1. The van der Waals surface area contributed by atoms with E-state index in [4.69, 9.17) is 4.18 Å². The van der Waals surface area contributed by atoms with Crippen LogP contribution in [0.15, 0.2) is 94.4 Å². The van der Waals surface area contributed by atoms with Crippen LogP contribution in [0.4, 0.5) is 11.4 Å². The van der Waals surface area contributed by atoms with Crippen LogP contribution in [0, 0.1) is 10.1 Å². The van der Waals surface area contributed by atoms with E-state index < -0.39 is 20.9 Å². The van der Waals surface area contributed by atoms with Crippen LogP contribution in [-0.2, 0) is 14.9 Å². The maximum Gasteiger partial charge on any atom is 0.339 e. The molecule has 0 unspecified atom stereocenters. The van der Waals surface area contributed by atoms with Crippen LogP contribution in [0.5, 0.6) is 5.75 Å². The summed E-state index contributed by atoms with van der Waals surface area (Å²) >= 11 is 0. The molecule has 0 saturated heterocycles. The number of rotatable bonds is 6. The van der Waals surface area contributed by atoms with Crippen molar-refractivity contribution in [3.05, 3.63) is 100 Å². The van der Waals surface area contributed by atoms with E-state index >= 15 is 0 Å². The minimum atomic E-state index is -4.07. The highest BCUT2D eigenvalue weighted by atomic mass is 32.2. The zero-order chi connectivity index (χ0) is 23.6. The van der Waals surface area contributed by atoms with Crippen LogP contribution in [0.3, 0.4) is 0 Å². The van der Waals surface area contributed by atoms with Crippen molar-refractivity contribution in [2.24, 2.45) is 5.10 Å². The van der Waals surface area contributed by atoms with Gasteiger partial charge >= 0.3 is 10.1 Å². The van der Waals surface area contributed by atoms with E-state index in [2.05, 4.69) is 5.10 Å². The number of hydrogen-bond acceptors (Lipinski definition) is 7. The largest absolute Gasteiger partial charge is 0.378 e. The molecule has 0 atom stereocenters. The van der Waals surface area contributed by atoms with Gasteiger partial charge in [0.05, 0.1) is 21.9 Å². The van der Waals surface area contributed by atoms with Gasteiger partial charge in [-0.1, -0.05) is 36.4 Å². The van der Waals surface area contributed by atoms with Crippen molar-refractivity contribution in [3.8, 4) is 5.75 Å². The van der Waals surface area contributed by atoms with Crippen molar-refractivity contribution < 1.29 is 22.3 Å². The van der Waals surface area contributed by atoms with Crippen LogP contribution in [0.2, 0.25) is 0 Å². The number of nitrogens with zero attached hydrogens (tertiary/aromatic N) is 3. The van der Waals surface area contributed by atoms with Crippen molar-refractivity contribution >= 4 is 39.2 Å². The normalized spacial score (nSPS) is 14.9. The van der Waals surface area contributed by atoms with Crippen molar-refractivity contribution in [2.75, 3.05) is 5.01 Å². The molecular weight excluding hydrogens is 446 g/mol. The Morgan fingerprint density at radius 1 is 0.970 bits per heavy atom. The van der Waals surface area contributed by atoms with Gasteiger partial charge in [0, 0.05) is 17.7 Å². The van der Waals surface area contributed by atoms with Gasteiger partial charge < -0.3 is 4.18 Å². The lowest BCUT2D eigenvalue weighted by molar-refractivity contribution is -0.384. The first-order valence-electron chi connectivity index (χ1n) is 9.71. The van der Waals surface area contributed by atoms with Crippen LogP contribution < -0.4 is 9.19 Å². The van der Waals surface area contributed by atoms with E-state index in [0.717, 1.165) is 5.01 Å². The Balaban J connectivity index is 1.64. The van der Waals surface area contributed by atoms with Crippen LogP contribution >= 0.6 is 0 Å². The molecule has 3 aromatic rings. The van der Waals surface area contributed by atoms with E-state index in [1.54, 1.807) is 43.3 Å². The van der Waals surface area contributed by atoms with Crippen LogP contribution in [0.25, 0.3) is 6.08 Å². The number of anilines is 1. The van der Waals surface area contributed by atoms with E-state index in [-0.39, 0.29) is 21.9 Å². The molecule has 1 amide bonds. The second kappa shape index (κ2) is 8.67. The van der Waals surface area contributed by atoms with E-state index in [0.29, 0.717) is 17.0 Å². The molecule has 0 aromatic heterocycles. The molecule has 3 aromatic carbocycles. The third-order valence-electron chi connectivity index (χ3n) is 4.82. The molecule has 33 heavy (non-hydrogen) atoms. The van der Waals surface area contributed by atoms with Gasteiger partial charge in [0.15, 0.2) is 0 Å². The minimum absolute atomic E-state index is 0.00601. The molecule has 4 rings (SSSR count). The molecule has 1 heterocycles. The number of hydrogen-bond donors (Lipinski definition) is 0. The van der Waals surface area contributed by atoms with Crippen molar-refractivity contribution in [1.82, 2.24) is 0 Å². The molecule has 0 saturated carbocycles. The number of benzene rings is 3. The van der Waals surface area contributed by atoms with Gasteiger partial charge in [0.2, 0.25) is 0 Å². The number of para-hydroxylation sites is 1. The first-order chi connectivity index (χ1) is 15.8. The molecule has 10 heteroatoms. The van der Waals surface area contributed by atoms with Gasteiger partial charge in [-0.15, -0.1) is 0 Å². The van der Waals surface area contributed by atoms with Gasteiger partial charge in [-0.3, -0.25) is 14.9 Å². The number of carbonyl (C=O) groups excluding carboxylic acids is 1. The standard InChI is InChI=1S/C23H17N3O6S/c1-16-21(23(27)25(24-16)18-11-13-19(14-12-18)26(28)29)15-17-7-5-6-10-22(17)32-33(30,31)20-8-3-2-4-9-20/h2-15H,1H3/b21-15-. The number of nitro benzene ring substituents is 1. The number of non-ortho nitro benzene ring substituents is 1. The highest BCUT2D eigenvalue weighted by Gasteiger charge is 2.29. The zero-order valence-electron chi connectivity index (χ0n) is 17.3. The van der Waals surface area contributed by atoms with E-state index in [9.17, 15) is 23.3 Å². The Hall–Kier alpha value is -4.31. The quantitative estimate of drug-likeness (QED) is 0.234. The summed E-state index contributed by atoms with van der Waals surface area (Å²) in [5.41, 5.74) is 1.28. The molecule has 0 aliphatic carbocycles. The summed E-state index contributed by atoms with van der Waals surface area (Å²) in [6.45, 7) is 1.64. The number of nitro groups is 1. The average molecular weight is 463 g/mol. The summed E-state index contributed by atoms with van der Waals surface area (Å²) in [5.74, 6) is -0.398. The first kappa shape index (κ1) is 21.9. The molecule has 0 spiro atoms. The number of hydrazone groups is 1. The summed E-state index contributed by atoms with van der Waals surface area (Å²) in [6, 6.07) is 19.6. The highest BCUT2D eigenvalue weighted by Crippen LogP contribution is 2.30. The fourth-order valence-electron chi connectivity index (χ4n) is 3.16. The van der Waals surface area contributed by atoms with E-state index in [1.165, 1.54) is 48.5 Å².